The summed E-state index contributed by atoms with van der Waals surface area (Å²) in [6.07, 6.45) is 0.976. The van der Waals surface area contributed by atoms with Crippen LogP contribution in [0.25, 0.3) is 0 Å². The second-order valence-electron chi connectivity index (χ2n) is 5.00. The van der Waals surface area contributed by atoms with Crippen LogP contribution in [0.1, 0.15) is 37.6 Å². The highest BCUT2D eigenvalue weighted by Crippen LogP contribution is 2.20. The number of amides is 1. The molecule has 0 saturated heterocycles. The zero-order valence-corrected chi connectivity index (χ0v) is 14.0. The monoisotopic (exact) mass is 311 g/mol. The lowest BCUT2D eigenvalue weighted by Crippen LogP contribution is -2.34. The molecule has 1 rings (SSSR count). The molecule has 0 atom stereocenters. The van der Waals surface area contributed by atoms with Crippen LogP contribution in [0.15, 0.2) is 18.2 Å². The van der Waals surface area contributed by atoms with Gasteiger partial charge in [0.2, 0.25) is 0 Å². The van der Waals surface area contributed by atoms with Crippen LogP contribution >= 0.6 is 11.6 Å². The van der Waals surface area contributed by atoms with E-state index in [1.807, 2.05) is 11.8 Å². The fourth-order valence-corrected chi connectivity index (χ4v) is 2.45. The van der Waals surface area contributed by atoms with Crippen LogP contribution < -0.4 is 5.73 Å². The molecular weight excluding hydrogens is 286 g/mol. The van der Waals surface area contributed by atoms with E-state index in [4.69, 9.17) is 17.3 Å². The van der Waals surface area contributed by atoms with E-state index < -0.39 is 0 Å². The molecule has 0 aliphatic rings. The predicted octanol–water partition coefficient (Wildman–Crippen LogP) is 3.12. The largest absolute Gasteiger partial charge is 0.398 e. The van der Waals surface area contributed by atoms with Gasteiger partial charge < -0.3 is 15.5 Å². The molecule has 2 N–H and O–H groups in total. The van der Waals surface area contributed by atoms with Crippen molar-refractivity contribution in [1.82, 2.24) is 9.80 Å². The Labute approximate surface area is 132 Å². The Morgan fingerprint density at radius 2 is 1.81 bits per heavy atom. The van der Waals surface area contributed by atoms with E-state index in [1.165, 1.54) is 0 Å². The lowest BCUT2D eigenvalue weighted by Gasteiger charge is -2.24. The molecule has 0 unspecified atom stereocenters. The van der Waals surface area contributed by atoms with Gasteiger partial charge in [0.05, 0.1) is 10.7 Å². The van der Waals surface area contributed by atoms with Gasteiger partial charge in [-0.3, -0.25) is 4.79 Å². The highest BCUT2D eigenvalue weighted by atomic mass is 35.5. The lowest BCUT2D eigenvalue weighted by atomic mass is 10.1. The molecule has 5 heteroatoms. The number of carbonyl (C=O) groups is 1. The first-order valence-electron chi connectivity index (χ1n) is 7.60. The molecule has 0 saturated carbocycles. The van der Waals surface area contributed by atoms with Gasteiger partial charge >= 0.3 is 0 Å². The maximum absolute atomic E-state index is 12.5. The molecule has 1 aromatic rings. The zero-order valence-electron chi connectivity index (χ0n) is 13.2. The van der Waals surface area contributed by atoms with Crippen molar-refractivity contribution in [3.63, 3.8) is 0 Å². The van der Waals surface area contributed by atoms with Crippen molar-refractivity contribution < 1.29 is 4.79 Å². The summed E-state index contributed by atoms with van der Waals surface area (Å²) in [7, 11) is 0. The first kappa shape index (κ1) is 17.8. The third-order valence-corrected chi connectivity index (χ3v) is 4.04. The van der Waals surface area contributed by atoms with Crippen molar-refractivity contribution in [1.29, 1.82) is 0 Å². The predicted molar refractivity (Wildman–Crippen MR) is 89.8 cm³/mol. The Balaban J connectivity index is 2.62. The second-order valence-corrected chi connectivity index (χ2v) is 5.41. The van der Waals surface area contributed by atoms with Crippen molar-refractivity contribution in [2.75, 3.05) is 38.5 Å². The molecule has 0 fully saturated rings. The summed E-state index contributed by atoms with van der Waals surface area (Å²) in [6, 6.07) is 5.06. The number of hydrogen-bond acceptors (Lipinski definition) is 3. The molecule has 0 aliphatic carbocycles. The minimum absolute atomic E-state index is 0.0129. The molecule has 0 aromatic heterocycles. The molecule has 0 heterocycles. The average molecular weight is 312 g/mol. The third kappa shape index (κ3) is 5.21. The number of hydrogen-bond donors (Lipinski definition) is 1. The highest BCUT2D eigenvalue weighted by molar-refractivity contribution is 6.33. The Bertz CT molecular complexity index is 461. The van der Waals surface area contributed by atoms with Crippen LogP contribution in [-0.2, 0) is 0 Å². The summed E-state index contributed by atoms with van der Waals surface area (Å²) in [5, 5.41) is 0.431. The van der Waals surface area contributed by atoms with Crippen LogP contribution in [0.2, 0.25) is 5.02 Å². The van der Waals surface area contributed by atoms with E-state index in [2.05, 4.69) is 18.7 Å². The van der Waals surface area contributed by atoms with Gasteiger partial charge in [0, 0.05) is 18.7 Å². The van der Waals surface area contributed by atoms with Gasteiger partial charge in [-0.15, -0.1) is 0 Å². The second kappa shape index (κ2) is 8.90. The number of nitrogens with two attached hydrogens (primary N) is 1. The van der Waals surface area contributed by atoms with Gasteiger partial charge in [0.15, 0.2) is 0 Å². The molecule has 0 radical (unpaired) electrons. The molecule has 21 heavy (non-hydrogen) atoms. The van der Waals surface area contributed by atoms with Crippen molar-refractivity contribution in [3.05, 3.63) is 28.8 Å². The van der Waals surface area contributed by atoms with Crippen LogP contribution in [-0.4, -0.2) is 48.4 Å². The van der Waals surface area contributed by atoms with E-state index in [-0.39, 0.29) is 5.91 Å². The fraction of sp³-hybridized carbons (Fsp3) is 0.562. The summed E-state index contributed by atoms with van der Waals surface area (Å²) in [6.45, 7) is 10.9. The van der Waals surface area contributed by atoms with E-state index >= 15 is 0 Å². The maximum Gasteiger partial charge on any atom is 0.253 e. The van der Waals surface area contributed by atoms with Gasteiger partial charge in [-0.05, 0) is 51.2 Å². The summed E-state index contributed by atoms with van der Waals surface area (Å²) in [5.41, 5.74) is 6.77. The first-order valence-corrected chi connectivity index (χ1v) is 7.97. The van der Waals surface area contributed by atoms with E-state index in [9.17, 15) is 4.79 Å². The standard InChI is InChI=1S/C16H26ClN3O/c1-4-19(5-2)10-7-11-20(6-3)16(21)13-8-9-15(18)14(17)12-13/h8-9,12H,4-7,10-11,18H2,1-3H3. The highest BCUT2D eigenvalue weighted by Gasteiger charge is 2.15. The number of benzene rings is 1. The van der Waals surface area contributed by atoms with Gasteiger partial charge in [0.1, 0.15) is 0 Å². The van der Waals surface area contributed by atoms with E-state index in [0.717, 1.165) is 32.6 Å². The molecule has 0 bridgehead atoms. The van der Waals surface area contributed by atoms with Gasteiger partial charge in [-0.1, -0.05) is 25.4 Å². The molecule has 4 nitrogen and oxygen atoms in total. The Morgan fingerprint density at radius 3 is 2.33 bits per heavy atom. The minimum Gasteiger partial charge on any atom is -0.398 e. The number of carbonyl (C=O) groups excluding carboxylic acids is 1. The van der Waals surface area contributed by atoms with Crippen molar-refractivity contribution >= 4 is 23.2 Å². The normalized spacial score (nSPS) is 10.9. The Hall–Kier alpha value is -1.26. The van der Waals surface area contributed by atoms with Gasteiger partial charge in [-0.25, -0.2) is 0 Å². The van der Waals surface area contributed by atoms with Crippen LogP contribution in [0.5, 0.6) is 0 Å². The SMILES string of the molecule is CCN(CC)CCCN(CC)C(=O)c1ccc(N)c(Cl)c1. The summed E-state index contributed by atoms with van der Waals surface area (Å²) in [5.74, 6) is 0.0129. The minimum atomic E-state index is 0.0129. The number of nitrogen functional groups attached to an aromatic ring is 1. The summed E-state index contributed by atoms with van der Waals surface area (Å²) < 4.78 is 0. The van der Waals surface area contributed by atoms with E-state index in [1.54, 1.807) is 18.2 Å². The van der Waals surface area contributed by atoms with Crippen molar-refractivity contribution in [3.8, 4) is 0 Å². The maximum atomic E-state index is 12.5. The topological polar surface area (TPSA) is 49.6 Å². The van der Waals surface area contributed by atoms with Gasteiger partial charge in [-0.2, -0.15) is 0 Å². The van der Waals surface area contributed by atoms with Crippen LogP contribution in [0, 0.1) is 0 Å². The lowest BCUT2D eigenvalue weighted by molar-refractivity contribution is 0.0757. The van der Waals surface area contributed by atoms with Crippen molar-refractivity contribution in [2.45, 2.75) is 27.2 Å². The molecule has 118 valence electrons. The summed E-state index contributed by atoms with van der Waals surface area (Å²) in [4.78, 5) is 16.7. The molecule has 0 spiro atoms. The number of rotatable bonds is 8. The summed E-state index contributed by atoms with van der Waals surface area (Å²) >= 11 is 5.99. The molecule has 1 aromatic carbocycles. The smallest absolute Gasteiger partial charge is 0.253 e. The van der Waals surface area contributed by atoms with E-state index in [0.29, 0.717) is 22.8 Å². The van der Waals surface area contributed by atoms with Crippen LogP contribution in [0.4, 0.5) is 5.69 Å². The van der Waals surface area contributed by atoms with Gasteiger partial charge in [0.25, 0.3) is 5.91 Å². The first-order chi connectivity index (χ1) is 10.0. The average Bonchev–Trinajstić information content (AvgIpc) is 2.50. The third-order valence-electron chi connectivity index (χ3n) is 3.71. The quantitative estimate of drug-likeness (QED) is 0.750. The fourth-order valence-electron chi connectivity index (χ4n) is 2.27. The number of halogens is 1. The number of anilines is 1. The Morgan fingerprint density at radius 1 is 1.14 bits per heavy atom. The van der Waals surface area contributed by atoms with Crippen molar-refractivity contribution in [2.24, 2.45) is 0 Å². The molecule has 1 amide bonds. The number of nitrogens with zero attached hydrogens (tertiary/aromatic N) is 2. The zero-order chi connectivity index (χ0) is 15.8. The molecule has 0 aliphatic heterocycles. The molecular formula is C16H26ClN3O. The van der Waals surface area contributed by atoms with Crippen LogP contribution in [0.3, 0.4) is 0 Å². The Kier molecular flexibility index (Phi) is 7.54.